The predicted octanol–water partition coefficient (Wildman–Crippen LogP) is 5.23. The number of benzene rings is 2. The van der Waals surface area contributed by atoms with E-state index < -0.39 is 0 Å². The summed E-state index contributed by atoms with van der Waals surface area (Å²) in [6, 6.07) is 18.2. The average molecular weight is 465 g/mol. The average Bonchev–Trinajstić information content (AvgIpc) is 3.21. The van der Waals surface area contributed by atoms with Gasteiger partial charge in [0.25, 0.3) is 11.8 Å². The van der Waals surface area contributed by atoms with Crippen LogP contribution in [0.4, 0.5) is 5.69 Å². The van der Waals surface area contributed by atoms with Crippen molar-refractivity contribution in [3.63, 3.8) is 0 Å². The Bertz CT molecular complexity index is 1250. The first-order chi connectivity index (χ1) is 15.4. The molecule has 0 fully saturated rings. The van der Waals surface area contributed by atoms with E-state index in [4.69, 9.17) is 11.6 Å². The molecule has 0 bridgehead atoms. The van der Waals surface area contributed by atoms with Gasteiger partial charge in [0.2, 0.25) is 0 Å². The highest BCUT2D eigenvalue weighted by Crippen LogP contribution is 2.25. The molecule has 0 atom stereocenters. The number of imidazole rings is 1. The maximum Gasteiger partial charge on any atom is 0.255 e. The van der Waals surface area contributed by atoms with Crippen molar-refractivity contribution in [1.82, 2.24) is 14.3 Å². The molecule has 1 N–H and O–H groups in total. The molecule has 32 heavy (non-hydrogen) atoms. The Labute approximate surface area is 195 Å². The predicted molar refractivity (Wildman–Crippen MR) is 129 cm³/mol. The van der Waals surface area contributed by atoms with Crippen molar-refractivity contribution in [2.75, 3.05) is 19.4 Å². The largest absolute Gasteiger partial charge is 0.345 e. The van der Waals surface area contributed by atoms with Crippen molar-refractivity contribution < 1.29 is 9.59 Å². The van der Waals surface area contributed by atoms with Gasteiger partial charge in [0.1, 0.15) is 5.65 Å². The summed E-state index contributed by atoms with van der Waals surface area (Å²) in [5, 5.41) is 3.11. The molecule has 2 heterocycles. The summed E-state index contributed by atoms with van der Waals surface area (Å²) in [6.07, 6.45) is 4.00. The Kier molecular flexibility index (Phi) is 6.48. The van der Waals surface area contributed by atoms with Gasteiger partial charge < -0.3 is 14.6 Å². The quantitative estimate of drug-likeness (QED) is 0.396. The number of halogens is 1. The first kappa shape index (κ1) is 21.9. The highest BCUT2D eigenvalue weighted by atomic mass is 35.5. The molecule has 8 heteroatoms. The van der Waals surface area contributed by atoms with Crippen molar-refractivity contribution in [3.05, 3.63) is 94.9 Å². The van der Waals surface area contributed by atoms with Crippen molar-refractivity contribution in [3.8, 4) is 0 Å². The van der Waals surface area contributed by atoms with Gasteiger partial charge in [-0.25, -0.2) is 4.98 Å². The van der Waals surface area contributed by atoms with Gasteiger partial charge in [-0.3, -0.25) is 9.59 Å². The molecule has 0 aliphatic rings. The summed E-state index contributed by atoms with van der Waals surface area (Å²) in [4.78, 5) is 31.8. The molecule has 0 radical (unpaired) electrons. The number of amides is 2. The van der Waals surface area contributed by atoms with E-state index in [0.717, 1.165) is 22.0 Å². The highest BCUT2D eigenvalue weighted by molar-refractivity contribution is 7.98. The monoisotopic (exact) mass is 464 g/mol. The molecule has 0 saturated carbocycles. The summed E-state index contributed by atoms with van der Waals surface area (Å²) in [7, 11) is 3.32. The zero-order valence-corrected chi connectivity index (χ0v) is 19.2. The van der Waals surface area contributed by atoms with Crippen LogP contribution in [0.15, 0.2) is 78.0 Å². The topological polar surface area (TPSA) is 66.7 Å². The maximum absolute atomic E-state index is 12.6. The molecule has 4 rings (SSSR count). The fourth-order valence-electron chi connectivity index (χ4n) is 3.13. The lowest BCUT2D eigenvalue weighted by Crippen LogP contribution is -2.22. The highest BCUT2D eigenvalue weighted by Gasteiger charge is 2.14. The fourth-order valence-corrected chi connectivity index (χ4v) is 4.17. The van der Waals surface area contributed by atoms with Crippen LogP contribution in [0.25, 0.3) is 5.65 Å². The molecule has 0 spiro atoms. The van der Waals surface area contributed by atoms with Crippen LogP contribution in [0.2, 0.25) is 5.02 Å². The molecule has 2 amide bonds. The minimum Gasteiger partial charge on any atom is -0.345 e. The lowest BCUT2D eigenvalue weighted by molar-refractivity contribution is 0.0827. The van der Waals surface area contributed by atoms with Gasteiger partial charge in [-0.1, -0.05) is 17.7 Å². The van der Waals surface area contributed by atoms with E-state index in [1.165, 1.54) is 4.90 Å². The molecule has 4 aromatic rings. The van der Waals surface area contributed by atoms with Crippen LogP contribution in [0.5, 0.6) is 0 Å². The smallest absolute Gasteiger partial charge is 0.255 e. The van der Waals surface area contributed by atoms with Gasteiger partial charge in [0.05, 0.1) is 16.3 Å². The third kappa shape index (κ3) is 4.95. The zero-order chi connectivity index (χ0) is 22.7. The van der Waals surface area contributed by atoms with Crippen molar-refractivity contribution >= 4 is 46.5 Å². The zero-order valence-electron chi connectivity index (χ0n) is 17.6. The number of aromatic nitrogens is 2. The van der Waals surface area contributed by atoms with E-state index in [-0.39, 0.29) is 11.8 Å². The molecule has 0 unspecified atom stereocenters. The fraction of sp³-hybridized carbons (Fsp3) is 0.125. The molecule has 0 aliphatic carbocycles. The first-order valence-corrected chi connectivity index (χ1v) is 11.2. The van der Waals surface area contributed by atoms with Gasteiger partial charge in [-0.05, 0) is 54.6 Å². The number of anilines is 1. The van der Waals surface area contributed by atoms with E-state index in [9.17, 15) is 9.59 Å². The molecular formula is C24H21ClN4O2S. The summed E-state index contributed by atoms with van der Waals surface area (Å²) >= 11 is 7.88. The molecule has 162 valence electrons. The lowest BCUT2D eigenvalue weighted by Gasteiger charge is -2.13. The number of thioether (sulfide) groups is 1. The van der Waals surface area contributed by atoms with Gasteiger partial charge in [-0.2, -0.15) is 0 Å². The normalized spacial score (nSPS) is 10.8. The van der Waals surface area contributed by atoms with Crippen molar-refractivity contribution in [2.24, 2.45) is 0 Å². The van der Waals surface area contributed by atoms with Crippen LogP contribution >= 0.6 is 23.4 Å². The van der Waals surface area contributed by atoms with E-state index in [2.05, 4.69) is 10.3 Å². The molecule has 6 nitrogen and oxygen atoms in total. The number of fused-ring (bicyclic) bond motifs is 1. The van der Waals surface area contributed by atoms with Crippen LogP contribution in [-0.4, -0.2) is 40.2 Å². The summed E-state index contributed by atoms with van der Waals surface area (Å²) < 4.78 is 2.00. The van der Waals surface area contributed by atoms with Gasteiger partial charge in [-0.15, -0.1) is 11.8 Å². The Morgan fingerprint density at radius 3 is 2.56 bits per heavy atom. The second kappa shape index (κ2) is 9.46. The summed E-state index contributed by atoms with van der Waals surface area (Å²) in [5.74, 6) is 0.304. The van der Waals surface area contributed by atoms with Gasteiger partial charge >= 0.3 is 0 Å². The number of hydrogen-bond acceptors (Lipinski definition) is 4. The number of nitrogens with one attached hydrogen (secondary N) is 1. The minimum atomic E-state index is -0.246. The van der Waals surface area contributed by atoms with Crippen LogP contribution in [0.1, 0.15) is 26.4 Å². The molecule has 2 aromatic heterocycles. The number of nitrogens with zero attached hydrogens (tertiary/aromatic N) is 3. The van der Waals surface area contributed by atoms with E-state index in [0.29, 0.717) is 21.8 Å². The second-order valence-corrected chi connectivity index (χ2v) is 8.82. The Balaban J connectivity index is 1.37. The Morgan fingerprint density at radius 2 is 1.88 bits per heavy atom. The lowest BCUT2D eigenvalue weighted by atomic mass is 10.1. The van der Waals surface area contributed by atoms with E-state index in [1.54, 1.807) is 56.2 Å². The first-order valence-electron chi connectivity index (χ1n) is 9.89. The maximum atomic E-state index is 12.6. The third-order valence-corrected chi connectivity index (χ3v) is 6.14. The molecule has 0 saturated heterocycles. The van der Waals surface area contributed by atoms with Crippen molar-refractivity contribution in [2.45, 2.75) is 10.6 Å². The third-order valence-electron chi connectivity index (χ3n) is 4.78. The van der Waals surface area contributed by atoms with E-state index >= 15 is 0 Å². The number of pyridine rings is 1. The molecule has 2 aromatic carbocycles. The molecular weight excluding hydrogens is 444 g/mol. The summed E-state index contributed by atoms with van der Waals surface area (Å²) in [6.45, 7) is 0. The Morgan fingerprint density at radius 1 is 1.09 bits per heavy atom. The van der Waals surface area contributed by atoms with Crippen LogP contribution < -0.4 is 5.32 Å². The SMILES string of the molecule is CN(C)C(=O)c1ccc(NC(=O)c2ccc(SCc3cn4ccccc4n3)cc2)cc1Cl. The van der Waals surface area contributed by atoms with Gasteiger partial charge in [0.15, 0.2) is 0 Å². The standard InChI is InChI=1S/C24H21ClN4O2S/c1-28(2)24(31)20-11-8-17(13-21(20)25)27-23(30)16-6-9-19(10-7-16)32-15-18-14-29-12-4-3-5-22(29)26-18/h3-14H,15H2,1-2H3,(H,27,30). The van der Waals surface area contributed by atoms with Crippen LogP contribution in [0, 0.1) is 0 Å². The Hall–Kier alpha value is -3.29. The number of hydrogen-bond donors (Lipinski definition) is 1. The number of carbonyl (C=O) groups is 2. The van der Waals surface area contributed by atoms with Gasteiger partial charge in [0, 0.05) is 48.4 Å². The van der Waals surface area contributed by atoms with Crippen LogP contribution in [0.3, 0.4) is 0 Å². The summed E-state index contributed by atoms with van der Waals surface area (Å²) in [5.41, 5.74) is 3.37. The molecule has 0 aliphatic heterocycles. The minimum absolute atomic E-state index is 0.190. The number of rotatable bonds is 6. The van der Waals surface area contributed by atoms with Crippen molar-refractivity contribution in [1.29, 1.82) is 0 Å². The van der Waals surface area contributed by atoms with E-state index in [1.807, 2.05) is 47.1 Å². The second-order valence-electron chi connectivity index (χ2n) is 7.36. The van der Waals surface area contributed by atoms with Crippen LogP contribution in [-0.2, 0) is 5.75 Å². The number of carbonyl (C=O) groups excluding carboxylic acids is 2.